The van der Waals surface area contributed by atoms with E-state index < -0.39 is 5.60 Å². The van der Waals surface area contributed by atoms with Crippen LogP contribution >= 0.6 is 0 Å². The van der Waals surface area contributed by atoms with E-state index in [1.807, 2.05) is 24.1 Å². The van der Waals surface area contributed by atoms with Crippen molar-refractivity contribution >= 4 is 11.8 Å². The zero-order valence-corrected chi connectivity index (χ0v) is 16.0. The van der Waals surface area contributed by atoms with E-state index in [2.05, 4.69) is 11.8 Å². The second-order valence-electron chi connectivity index (χ2n) is 8.32. The molecule has 4 heterocycles. The van der Waals surface area contributed by atoms with Gasteiger partial charge in [0, 0.05) is 26.7 Å². The summed E-state index contributed by atoms with van der Waals surface area (Å²) in [7, 11) is 1.84. The highest BCUT2D eigenvalue weighted by Crippen LogP contribution is 2.52. The first-order valence-electron chi connectivity index (χ1n) is 10.2. The van der Waals surface area contributed by atoms with E-state index >= 15 is 0 Å². The van der Waals surface area contributed by atoms with Crippen molar-refractivity contribution < 1.29 is 14.3 Å². The van der Waals surface area contributed by atoms with E-state index in [9.17, 15) is 9.59 Å². The Bertz CT molecular complexity index is 601. The molecular weight excluding hydrogens is 330 g/mol. The third-order valence-electron chi connectivity index (χ3n) is 6.53. The third kappa shape index (κ3) is 2.87. The van der Waals surface area contributed by atoms with Gasteiger partial charge in [-0.2, -0.15) is 0 Å². The van der Waals surface area contributed by atoms with Crippen LogP contribution in [0.4, 0.5) is 0 Å². The summed E-state index contributed by atoms with van der Waals surface area (Å²) in [4.78, 5) is 32.3. The fourth-order valence-corrected chi connectivity index (χ4v) is 5.19. The second kappa shape index (κ2) is 6.97. The molecule has 2 amide bonds. The van der Waals surface area contributed by atoms with Gasteiger partial charge in [0.05, 0.1) is 24.5 Å². The summed E-state index contributed by atoms with van der Waals surface area (Å²) in [6.07, 6.45) is 8.56. The molecular formula is C20H31N3O3. The van der Waals surface area contributed by atoms with Gasteiger partial charge in [0.2, 0.25) is 11.8 Å². The van der Waals surface area contributed by atoms with Crippen LogP contribution in [0.1, 0.15) is 32.6 Å². The van der Waals surface area contributed by atoms with Crippen molar-refractivity contribution in [3.05, 3.63) is 12.2 Å². The molecule has 26 heavy (non-hydrogen) atoms. The maximum atomic E-state index is 13.2. The Morgan fingerprint density at radius 3 is 2.81 bits per heavy atom. The van der Waals surface area contributed by atoms with Crippen LogP contribution in [0.25, 0.3) is 0 Å². The summed E-state index contributed by atoms with van der Waals surface area (Å²) in [5.41, 5.74) is -0.572. The van der Waals surface area contributed by atoms with Gasteiger partial charge in [-0.1, -0.05) is 25.5 Å². The van der Waals surface area contributed by atoms with Crippen LogP contribution < -0.4 is 0 Å². The zero-order chi connectivity index (χ0) is 18.3. The van der Waals surface area contributed by atoms with Crippen LogP contribution in [-0.2, 0) is 14.3 Å². The van der Waals surface area contributed by atoms with Gasteiger partial charge in [-0.25, -0.2) is 0 Å². The molecule has 0 aromatic carbocycles. The average molecular weight is 361 g/mol. The van der Waals surface area contributed by atoms with Gasteiger partial charge in [-0.05, 0) is 32.4 Å². The molecule has 3 fully saturated rings. The Morgan fingerprint density at radius 2 is 2.08 bits per heavy atom. The van der Waals surface area contributed by atoms with E-state index in [-0.39, 0.29) is 29.8 Å². The molecule has 4 rings (SSSR count). The third-order valence-corrected chi connectivity index (χ3v) is 6.53. The molecule has 0 aliphatic carbocycles. The standard InChI is InChI=1S/C20H31N3O3/c1-3-9-21(2)18(24)16-15-7-8-20(26-15)14-23(19(25)17(16)20)13-12-22-10-5-4-6-11-22/h7-8,15-17H,3-6,9-14H2,1-2H3/t15-,16-,17-,20-/m0/s1. The second-order valence-corrected chi connectivity index (χ2v) is 8.32. The molecule has 6 heteroatoms. The van der Waals surface area contributed by atoms with Crippen LogP contribution in [-0.4, -0.2) is 84.5 Å². The number of fused-ring (bicyclic) bond motifs is 1. The number of hydrogen-bond acceptors (Lipinski definition) is 4. The summed E-state index contributed by atoms with van der Waals surface area (Å²) in [5.74, 6) is -0.536. The quantitative estimate of drug-likeness (QED) is 0.666. The van der Waals surface area contributed by atoms with Crippen LogP contribution in [0.3, 0.4) is 0 Å². The van der Waals surface area contributed by atoms with Gasteiger partial charge >= 0.3 is 0 Å². The van der Waals surface area contributed by atoms with Crippen molar-refractivity contribution in [2.24, 2.45) is 11.8 Å². The van der Waals surface area contributed by atoms with Gasteiger partial charge in [0.15, 0.2) is 0 Å². The number of hydrogen-bond donors (Lipinski definition) is 0. The first-order valence-corrected chi connectivity index (χ1v) is 10.2. The molecule has 0 N–H and O–H groups in total. The normalized spacial score (nSPS) is 36.0. The number of piperidine rings is 1. The first kappa shape index (κ1) is 18.0. The van der Waals surface area contributed by atoms with E-state index in [1.165, 1.54) is 19.3 Å². The summed E-state index contributed by atoms with van der Waals surface area (Å²) < 4.78 is 6.20. The first-order chi connectivity index (χ1) is 12.6. The largest absolute Gasteiger partial charge is 0.360 e. The molecule has 144 valence electrons. The van der Waals surface area contributed by atoms with Crippen molar-refractivity contribution in [1.82, 2.24) is 14.7 Å². The highest BCUT2D eigenvalue weighted by Gasteiger charge is 2.66. The van der Waals surface area contributed by atoms with Gasteiger partial charge in [-0.3, -0.25) is 9.59 Å². The number of rotatable bonds is 6. The van der Waals surface area contributed by atoms with Crippen LogP contribution in [0.5, 0.6) is 0 Å². The Labute approximate surface area is 156 Å². The van der Waals surface area contributed by atoms with E-state index in [0.29, 0.717) is 6.54 Å². The van der Waals surface area contributed by atoms with Crippen molar-refractivity contribution in [2.75, 3.05) is 46.3 Å². The van der Waals surface area contributed by atoms with Gasteiger partial charge in [-0.15, -0.1) is 0 Å². The predicted octanol–water partition coefficient (Wildman–Crippen LogP) is 1.12. The van der Waals surface area contributed by atoms with Crippen LogP contribution in [0, 0.1) is 11.8 Å². The fourth-order valence-electron chi connectivity index (χ4n) is 5.19. The number of nitrogens with zero attached hydrogens (tertiary/aromatic N) is 3. The minimum absolute atomic E-state index is 0.0549. The maximum absolute atomic E-state index is 13.2. The molecule has 0 aromatic rings. The Hall–Kier alpha value is -1.40. The molecule has 2 bridgehead atoms. The number of amides is 2. The number of likely N-dealkylation sites (tertiary alicyclic amines) is 2. The minimum Gasteiger partial charge on any atom is -0.360 e. The molecule has 3 saturated heterocycles. The highest BCUT2D eigenvalue weighted by molar-refractivity contribution is 5.93. The number of carbonyl (C=O) groups is 2. The number of carbonyl (C=O) groups excluding carboxylic acids is 2. The molecule has 4 aliphatic rings. The topological polar surface area (TPSA) is 53.1 Å². The zero-order valence-electron chi connectivity index (χ0n) is 16.0. The molecule has 0 saturated carbocycles. The summed E-state index contributed by atoms with van der Waals surface area (Å²) in [6.45, 7) is 7.32. The lowest BCUT2D eigenvalue weighted by atomic mass is 9.76. The van der Waals surface area contributed by atoms with Gasteiger partial charge < -0.3 is 19.4 Å². The molecule has 4 atom stereocenters. The molecule has 1 spiro atoms. The predicted molar refractivity (Wildman–Crippen MR) is 98.5 cm³/mol. The van der Waals surface area contributed by atoms with Gasteiger partial charge in [0.25, 0.3) is 0 Å². The average Bonchev–Trinajstić information content (AvgIpc) is 3.29. The Balaban J connectivity index is 1.45. The van der Waals surface area contributed by atoms with Crippen molar-refractivity contribution in [2.45, 2.75) is 44.3 Å². The molecule has 6 nitrogen and oxygen atoms in total. The minimum atomic E-state index is -0.572. The van der Waals surface area contributed by atoms with E-state index in [0.717, 1.165) is 39.1 Å². The van der Waals surface area contributed by atoms with Crippen LogP contribution in [0.2, 0.25) is 0 Å². The van der Waals surface area contributed by atoms with Gasteiger partial charge in [0.1, 0.15) is 5.60 Å². The van der Waals surface area contributed by atoms with Crippen molar-refractivity contribution in [3.63, 3.8) is 0 Å². The Kier molecular flexibility index (Phi) is 4.82. The molecule has 0 unspecified atom stereocenters. The summed E-state index contributed by atoms with van der Waals surface area (Å²) in [5, 5.41) is 0. The van der Waals surface area contributed by atoms with E-state index in [4.69, 9.17) is 4.74 Å². The highest BCUT2D eigenvalue weighted by atomic mass is 16.5. The lowest BCUT2D eigenvalue weighted by Gasteiger charge is -2.29. The lowest BCUT2D eigenvalue weighted by Crippen LogP contribution is -2.45. The summed E-state index contributed by atoms with van der Waals surface area (Å²) in [6, 6.07) is 0. The number of ether oxygens (including phenoxy) is 1. The molecule has 0 aromatic heterocycles. The summed E-state index contributed by atoms with van der Waals surface area (Å²) >= 11 is 0. The van der Waals surface area contributed by atoms with Crippen LogP contribution in [0.15, 0.2) is 12.2 Å². The SMILES string of the molecule is CCCN(C)C(=O)[C@H]1[C@@H]2C=C[C@@]3(CN(CCN4CCCCC4)C(=O)[C@H]13)O2. The monoisotopic (exact) mass is 361 g/mol. The fraction of sp³-hybridized carbons (Fsp3) is 0.800. The lowest BCUT2D eigenvalue weighted by molar-refractivity contribution is -0.142. The smallest absolute Gasteiger partial charge is 0.230 e. The molecule has 0 radical (unpaired) electrons. The maximum Gasteiger partial charge on any atom is 0.230 e. The van der Waals surface area contributed by atoms with E-state index in [1.54, 1.807) is 4.90 Å². The molecule has 4 aliphatic heterocycles. The Morgan fingerprint density at radius 1 is 1.31 bits per heavy atom. The van der Waals surface area contributed by atoms with Crippen molar-refractivity contribution in [1.29, 1.82) is 0 Å². The van der Waals surface area contributed by atoms with Crippen molar-refractivity contribution in [3.8, 4) is 0 Å².